The Hall–Kier alpha value is -2.85. The Morgan fingerprint density at radius 3 is 2.46 bits per heavy atom. The number of rotatable bonds is 9. The van der Waals surface area contributed by atoms with E-state index in [0.29, 0.717) is 26.3 Å². The smallest absolute Gasteiger partial charge is 0.166 e. The van der Waals surface area contributed by atoms with Crippen molar-refractivity contribution in [3.8, 4) is 11.5 Å². The fraction of sp³-hybridized carbons (Fsp3) is 0.227. The van der Waals surface area contributed by atoms with Gasteiger partial charge in [0.2, 0.25) is 0 Å². The van der Waals surface area contributed by atoms with Gasteiger partial charge in [-0.3, -0.25) is 4.98 Å². The minimum absolute atomic E-state index is 0.512. The van der Waals surface area contributed by atoms with E-state index < -0.39 is 0 Å². The molecule has 3 rings (SSSR count). The van der Waals surface area contributed by atoms with E-state index in [-0.39, 0.29) is 0 Å². The number of benzene rings is 2. The molecular formula is C22H24N2O2. The summed E-state index contributed by atoms with van der Waals surface area (Å²) in [5.74, 6) is 1.58. The minimum Gasteiger partial charge on any atom is -0.490 e. The topological polar surface area (TPSA) is 43.4 Å². The van der Waals surface area contributed by atoms with E-state index in [1.165, 1.54) is 0 Å². The van der Waals surface area contributed by atoms with Crippen molar-refractivity contribution in [3.63, 3.8) is 0 Å². The number of ether oxygens (including phenoxy) is 2. The highest BCUT2D eigenvalue weighted by Crippen LogP contribution is 2.32. The summed E-state index contributed by atoms with van der Waals surface area (Å²) in [6, 6.07) is 22.1. The molecule has 0 aliphatic heterocycles. The first-order valence-electron chi connectivity index (χ1n) is 8.89. The molecule has 2 aromatic carbocycles. The Labute approximate surface area is 154 Å². The summed E-state index contributed by atoms with van der Waals surface area (Å²) < 4.78 is 11.9. The van der Waals surface area contributed by atoms with Gasteiger partial charge >= 0.3 is 0 Å². The van der Waals surface area contributed by atoms with E-state index in [1.54, 1.807) is 6.20 Å². The molecule has 0 amide bonds. The van der Waals surface area contributed by atoms with Gasteiger partial charge in [-0.05, 0) is 30.7 Å². The third-order valence-corrected chi connectivity index (χ3v) is 3.93. The number of hydrogen-bond donors (Lipinski definition) is 1. The molecule has 4 nitrogen and oxygen atoms in total. The number of hydrogen-bond acceptors (Lipinski definition) is 4. The van der Waals surface area contributed by atoms with Crippen molar-refractivity contribution in [2.24, 2.45) is 0 Å². The van der Waals surface area contributed by atoms with Crippen LogP contribution in [0.4, 0.5) is 0 Å². The van der Waals surface area contributed by atoms with Gasteiger partial charge in [0, 0.05) is 24.8 Å². The molecular weight excluding hydrogens is 324 g/mol. The Morgan fingerprint density at radius 2 is 1.69 bits per heavy atom. The molecule has 0 spiro atoms. The molecule has 0 saturated carbocycles. The fourth-order valence-electron chi connectivity index (χ4n) is 2.69. The molecule has 0 fully saturated rings. The monoisotopic (exact) mass is 348 g/mol. The average molecular weight is 348 g/mol. The Kier molecular flexibility index (Phi) is 6.62. The van der Waals surface area contributed by atoms with Gasteiger partial charge in [0.15, 0.2) is 11.5 Å². The molecule has 0 aliphatic carbocycles. The van der Waals surface area contributed by atoms with Crippen LogP contribution in [0.15, 0.2) is 72.9 Å². The van der Waals surface area contributed by atoms with Crippen LogP contribution in [0.25, 0.3) is 0 Å². The Balaban J connectivity index is 1.70. The minimum atomic E-state index is 0.512. The predicted molar refractivity (Wildman–Crippen MR) is 103 cm³/mol. The van der Waals surface area contributed by atoms with Crippen molar-refractivity contribution in [1.82, 2.24) is 10.3 Å². The Morgan fingerprint density at radius 1 is 0.846 bits per heavy atom. The third-order valence-electron chi connectivity index (χ3n) is 3.93. The Bertz CT molecular complexity index is 792. The summed E-state index contributed by atoms with van der Waals surface area (Å²) >= 11 is 0. The molecule has 26 heavy (non-hydrogen) atoms. The van der Waals surface area contributed by atoms with Crippen LogP contribution in [0, 0.1) is 0 Å². The van der Waals surface area contributed by atoms with Gasteiger partial charge < -0.3 is 14.8 Å². The first-order chi connectivity index (χ1) is 12.9. The van der Waals surface area contributed by atoms with Crippen LogP contribution in [0.1, 0.15) is 23.7 Å². The number of para-hydroxylation sites is 1. The normalized spacial score (nSPS) is 10.5. The van der Waals surface area contributed by atoms with Crippen molar-refractivity contribution in [2.75, 3.05) is 6.61 Å². The molecule has 0 radical (unpaired) electrons. The van der Waals surface area contributed by atoms with Gasteiger partial charge in [-0.2, -0.15) is 0 Å². The summed E-state index contributed by atoms with van der Waals surface area (Å²) in [6.45, 7) is 4.48. The summed E-state index contributed by atoms with van der Waals surface area (Å²) in [6.07, 6.45) is 1.81. The van der Waals surface area contributed by atoms with E-state index >= 15 is 0 Å². The molecule has 1 N–H and O–H groups in total. The second-order valence-electron chi connectivity index (χ2n) is 5.88. The molecule has 4 heteroatoms. The van der Waals surface area contributed by atoms with Gasteiger partial charge in [-0.15, -0.1) is 0 Å². The molecule has 1 heterocycles. The van der Waals surface area contributed by atoms with E-state index in [0.717, 1.165) is 28.3 Å². The summed E-state index contributed by atoms with van der Waals surface area (Å²) in [5.41, 5.74) is 3.22. The standard InChI is InChI=1S/C22H24N2O2/c1-2-25-21-13-8-11-19(15-23-16-20-12-6-7-14-24-20)22(21)26-17-18-9-4-3-5-10-18/h3-14,23H,2,15-17H2,1H3. The highest BCUT2D eigenvalue weighted by Gasteiger charge is 2.11. The van der Waals surface area contributed by atoms with Crippen molar-refractivity contribution in [2.45, 2.75) is 26.6 Å². The van der Waals surface area contributed by atoms with Gasteiger partial charge in [0.05, 0.1) is 12.3 Å². The molecule has 0 saturated heterocycles. The third kappa shape index (κ3) is 5.07. The number of pyridine rings is 1. The second-order valence-corrected chi connectivity index (χ2v) is 5.88. The van der Waals surface area contributed by atoms with Crippen LogP contribution < -0.4 is 14.8 Å². The average Bonchev–Trinajstić information content (AvgIpc) is 2.69. The predicted octanol–water partition coefficient (Wildman–Crippen LogP) is 4.35. The van der Waals surface area contributed by atoms with Crippen molar-refractivity contribution in [3.05, 3.63) is 89.7 Å². The lowest BCUT2D eigenvalue weighted by Gasteiger charge is -2.16. The molecule has 3 aromatic rings. The van der Waals surface area contributed by atoms with Crippen LogP contribution in [0.2, 0.25) is 0 Å². The first kappa shape index (κ1) is 18.0. The summed E-state index contributed by atoms with van der Waals surface area (Å²) in [5, 5.41) is 3.43. The first-order valence-corrected chi connectivity index (χ1v) is 8.89. The van der Waals surface area contributed by atoms with Gasteiger partial charge in [-0.1, -0.05) is 48.5 Å². The van der Waals surface area contributed by atoms with E-state index in [1.807, 2.05) is 55.5 Å². The summed E-state index contributed by atoms with van der Waals surface area (Å²) in [7, 11) is 0. The SMILES string of the molecule is CCOc1cccc(CNCc2ccccn2)c1OCc1ccccc1. The lowest BCUT2D eigenvalue weighted by molar-refractivity contribution is 0.266. The van der Waals surface area contributed by atoms with Crippen LogP contribution in [0.3, 0.4) is 0 Å². The maximum Gasteiger partial charge on any atom is 0.166 e. The van der Waals surface area contributed by atoms with E-state index in [9.17, 15) is 0 Å². The van der Waals surface area contributed by atoms with Crippen LogP contribution in [-0.2, 0) is 19.7 Å². The second kappa shape index (κ2) is 9.59. The lowest BCUT2D eigenvalue weighted by atomic mass is 10.1. The zero-order chi connectivity index (χ0) is 18.0. The van der Waals surface area contributed by atoms with Gasteiger partial charge in [0.25, 0.3) is 0 Å². The molecule has 134 valence electrons. The molecule has 0 unspecified atom stereocenters. The van der Waals surface area contributed by atoms with E-state index in [4.69, 9.17) is 9.47 Å². The van der Waals surface area contributed by atoms with E-state index in [2.05, 4.69) is 28.5 Å². The maximum absolute atomic E-state index is 6.13. The van der Waals surface area contributed by atoms with Gasteiger partial charge in [0.1, 0.15) is 6.61 Å². The molecule has 1 aromatic heterocycles. The number of aromatic nitrogens is 1. The highest BCUT2D eigenvalue weighted by atomic mass is 16.5. The number of nitrogens with one attached hydrogen (secondary N) is 1. The van der Waals surface area contributed by atoms with Crippen molar-refractivity contribution < 1.29 is 9.47 Å². The highest BCUT2D eigenvalue weighted by molar-refractivity contribution is 5.46. The fourth-order valence-corrected chi connectivity index (χ4v) is 2.69. The van der Waals surface area contributed by atoms with Crippen LogP contribution in [-0.4, -0.2) is 11.6 Å². The zero-order valence-corrected chi connectivity index (χ0v) is 15.0. The zero-order valence-electron chi connectivity index (χ0n) is 15.0. The van der Waals surface area contributed by atoms with Crippen LogP contribution in [0.5, 0.6) is 11.5 Å². The lowest BCUT2D eigenvalue weighted by Crippen LogP contribution is -2.15. The molecule has 0 aliphatic rings. The summed E-state index contributed by atoms with van der Waals surface area (Å²) in [4.78, 5) is 4.34. The van der Waals surface area contributed by atoms with Gasteiger partial charge in [-0.25, -0.2) is 0 Å². The maximum atomic E-state index is 6.13. The molecule has 0 atom stereocenters. The van der Waals surface area contributed by atoms with Crippen molar-refractivity contribution in [1.29, 1.82) is 0 Å². The number of nitrogens with zero attached hydrogens (tertiary/aromatic N) is 1. The molecule has 0 bridgehead atoms. The largest absolute Gasteiger partial charge is 0.490 e. The van der Waals surface area contributed by atoms with Crippen molar-refractivity contribution >= 4 is 0 Å². The quantitative estimate of drug-likeness (QED) is 0.624. The van der Waals surface area contributed by atoms with Crippen LogP contribution >= 0.6 is 0 Å².